The van der Waals surface area contributed by atoms with E-state index in [0.29, 0.717) is 6.61 Å². The maximum absolute atomic E-state index is 5.83. The molecule has 1 aliphatic heterocycles. The summed E-state index contributed by atoms with van der Waals surface area (Å²) in [4.78, 5) is 17.2. The van der Waals surface area contributed by atoms with Crippen LogP contribution in [0.4, 0.5) is 11.5 Å². The van der Waals surface area contributed by atoms with Crippen molar-refractivity contribution in [2.45, 2.75) is 6.92 Å². The average molecular weight is 434 g/mol. The van der Waals surface area contributed by atoms with E-state index in [0.717, 1.165) is 55.6 Å². The van der Waals surface area contributed by atoms with Gasteiger partial charge < -0.3 is 15.0 Å². The number of anilines is 2. The van der Waals surface area contributed by atoms with Crippen molar-refractivity contribution < 1.29 is 4.74 Å². The van der Waals surface area contributed by atoms with Crippen LogP contribution in [0.1, 0.15) is 6.92 Å². The highest BCUT2D eigenvalue weighted by atomic mass is 79.9. The van der Waals surface area contributed by atoms with Gasteiger partial charge in [0, 0.05) is 28.0 Å². The lowest BCUT2D eigenvalue weighted by atomic mass is 10.1. The second-order valence-corrected chi connectivity index (χ2v) is 7.24. The van der Waals surface area contributed by atoms with Gasteiger partial charge in [-0.1, -0.05) is 15.9 Å². The Hall–Kier alpha value is -3.19. The minimum Gasteiger partial charge on any atom is -0.493 e. The van der Waals surface area contributed by atoms with Gasteiger partial charge in [-0.15, -0.1) is 0 Å². The first-order chi connectivity index (χ1) is 13.7. The Morgan fingerprint density at radius 2 is 2.00 bits per heavy atom. The number of rotatable bonds is 3. The molecular weight excluding hydrogens is 418 g/mol. The molecule has 2 N–H and O–H groups in total. The zero-order valence-corrected chi connectivity index (χ0v) is 16.6. The molecule has 0 amide bonds. The molecule has 7 heteroatoms. The van der Waals surface area contributed by atoms with Gasteiger partial charge in [0.15, 0.2) is 0 Å². The molecule has 0 bridgehead atoms. The smallest absolute Gasteiger partial charge is 0.142 e. The molecule has 0 fully saturated rings. The van der Waals surface area contributed by atoms with Crippen molar-refractivity contribution in [3.05, 3.63) is 59.5 Å². The number of nitrogens with zero attached hydrogens (tertiary/aromatic N) is 3. The maximum Gasteiger partial charge on any atom is 0.142 e. The summed E-state index contributed by atoms with van der Waals surface area (Å²) >= 11 is 3.56. The van der Waals surface area contributed by atoms with E-state index >= 15 is 0 Å². The summed E-state index contributed by atoms with van der Waals surface area (Å²) in [6.07, 6.45) is 5.34. The fourth-order valence-corrected chi connectivity index (χ4v) is 3.76. The quantitative estimate of drug-likeness (QED) is 0.397. The van der Waals surface area contributed by atoms with Crippen LogP contribution in [0.3, 0.4) is 0 Å². The largest absolute Gasteiger partial charge is 0.493 e. The molecule has 6 nitrogen and oxygen atoms in total. The number of ether oxygens (including phenoxy) is 1. The average Bonchev–Trinajstić information content (AvgIpc) is 3.10. The molecule has 0 unspecified atom stereocenters. The number of imidazole rings is 1. The fourth-order valence-electron chi connectivity index (χ4n) is 3.39. The second-order valence-electron chi connectivity index (χ2n) is 6.33. The van der Waals surface area contributed by atoms with Crippen molar-refractivity contribution in [3.63, 3.8) is 0 Å². The van der Waals surface area contributed by atoms with Crippen molar-refractivity contribution in [1.29, 1.82) is 0 Å². The highest BCUT2D eigenvalue weighted by Crippen LogP contribution is 2.43. The standard InChI is InChI=1S/C21H16BrN5O/c1-2-28-17-6-5-12(22)10-15(17)21-26-18-13-7-9-23-11-16(13)25-20-14(19(18)27-21)4-3-8-24-20/h3-11H,2H2,1H3,(H,24,25)(H,26,27). The van der Waals surface area contributed by atoms with Crippen molar-refractivity contribution in [2.75, 3.05) is 11.9 Å². The number of fused-ring (bicyclic) bond motifs is 5. The number of aromatic nitrogens is 4. The van der Waals surface area contributed by atoms with E-state index in [4.69, 9.17) is 9.72 Å². The van der Waals surface area contributed by atoms with E-state index in [1.807, 2.05) is 43.3 Å². The van der Waals surface area contributed by atoms with Crippen molar-refractivity contribution in [2.24, 2.45) is 0 Å². The summed E-state index contributed by atoms with van der Waals surface area (Å²) in [5.41, 5.74) is 5.49. The number of pyridine rings is 2. The molecule has 1 aromatic carbocycles. The number of halogens is 1. The molecular formula is C21H16BrN5O. The topological polar surface area (TPSA) is 75.7 Å². The Morgan fingerprint density at radius 1 is 1.07 bits per heavy atom. The molecule has 28 heavy (non-hydrogen) atoms. The molecule has 0 saturated carbocycles. The van der Waals surface area contributed by atoms with E-state index in [-0.39, 0.29) is 0 Å². The molecule has 4 aromatic rings. The number of hydrogen-bond donors (Lipinski definition) is 2. The lowest BCUT2D eigenvalue weighted by Gasteiger charge is -2.10. The van der Waals surface area contributed by atoms with Gasteiger partial charge in [0.05, 0.1) is 29.7 Å². The lowest BCUT2D eigenvalue weighted by Crippen LogP contribution is -1.97. The predicted molar refractivity (Wildman–Crippen MR) is 113 cm³/mol. The second kappa shape index (κ2) is 6.76. The van der Waals surface area contributed by atoms with Gasteiger partial charge >= 0.3 is 0 Å². The molecule has 4 heterocycles. The normalized spacial score (nSPS) is 11.6. The predicted octanol–water partition coefficient (Wildman–Crippen LogP) is 5.42. The van der Waals surface area contributed by atoms with Gasteiger partial charge in [-0.3, -0.25) is 4.98 Å². The van der Waals surface area contributed by atoms with Crippen LogP contribution >= 0.6 is 15.9 Å². The van der Waals surface area contributed by atoms with Gasteiger partial charge in [-0.05, 0) is 43.3 Å². The van der Waals surface area contributed by atoms with E-state index in [2.05, 4.69) is 36.2 Å². The minimum absolute atomic E-state index is 0.584. The minimum atomic E-state index is 0.584. The summed E-state index contributed by atoms with van der Waals surface area (Å²) in [5.74, 6) is 2.29. The first kappa shape index (κ1) is 16.9. The zero-order chi connectivity index (χ0) is 19.1. The molecule has 0 spiro atoms. The summed E-state index contributed by atoms with van der Waals surface area (Å²) < 4.78 is 6.79. The molecule has 3 aromatic heterocycles. The van der Waals surface area contributed by atoms with Crippen LogP contribution in [-0.4, -0.2) is 26.5 Å². The number of aromatic amines is 1. The van der Waals surface area contributed by atoms with E-state index in [1.54, 1.807) is 18.6 Å². The number of H-pyrrole nitrogens is 1. The Balaban J connectivity index is 1.78. The Bertz CT molecular complexity index is 1120. The Labute approximate surface area is 170 Å². The van der Waals surface area contributed by atoms with Crippen LogP contribution in [0.2, 0.25) is 0 Å². The fraction of sp³-hybridized carbons (Fsp3) is 0.0952. The van der Waals surface area contributed by atoms with Gasteiger partial charge in [-0.2, -0.15) is 0 Å². The molecule has 0 atom stereocenters. The lowest BCUT2D eigenvalue weighted by molar-refractivity contribution is 0.341. The third-order valence-corrected chi connectivity index (χ3v) is 5.10. The Morgan fingerprint density at radius 3 is 2.89 bits per heavy atom. The van der Waals surface area contributed by atoms with Gasteiger partial charge in [0.1, 0.15) is 23.1 Å². The van der Waals surface area contributed by atoms with Crippen LogP contribution in [0.25, 0.3) is 33.9 Å². The zero-order valence-electron chi connectivity index (χ0n) is 15.0. The van der Waals surface area contributed by atoms with Crippen molar-refractivity contribution in [1.82, 2.24) is 19.9 Å². The van der Waals surface area contributed by atoms with Gasteiger partial charge in [0.25, 0.3) is 0 Å². The monoisotopic (exact) mass is 433 g/mol. The van der Waals surface area contributed by atoms with E-state index < -0.39 is 0 Å². The van der Waals surface area contributed by atoms with Crippen LogP contribution in [0, 0.1) is 0 Å². The van der Waals surface area contributed by atoms with E-state index in [1.165, 1.54) is 0 Å². The maximum atomic E-state index is 5.83. The van der Waals surface area contributed by atoms with Crippen molar-refractivity contribution >= 4 is 27.4 Å². The van der Waals surface area contributed by atoms with Crippen LogP contribution in [0.5, 0.6) is 5.75 Å². The summed E-state index contributed by atoms with van der Waals surface area (Å²) in [5, 5.41) is 3.37. The van der Waals surface area contributed by atoms with Gasteiger partial charge in [0.2, 0.25) is 0 Å². The highest BCUT2D eigenvalue weighted by molar-refractivity contribution is 9.10. The SMILES string of the molecule is CCOc1ccc(Br)cc1-c1nc2c([nH]1)-c1ccncc1Nc1ncccc1-2. The third-order valence-electron chi connectivity index (χ3n) is 4.61. The van der Waals surface area contributed by atoms with Crippen molar-refractivity contribution in [3.8, 4) is 39.7 Å². The molecule has 5 rings (SSSR count). The molecule has 1 aliphatic rings. The molecule has 0 radical (unpaired) electrons. The van der Waals surface area contributed by atoms with Crippen LogP contribution < -0.4 is 10.1 Å². The first-order valence-electron chi connectivity index (χ1n) is 8.94. The van der Waals surface area contributed by atoms with Crippen LogP contribution in [-0.2, 0) is 0 Å². The molecule has 138 valence electrons. The highest BCUT2D eigenvalue weighted by Gasteiger charge is 2.25. The van der Waals surface area contributed by atoms with E-state index in [9.17, 15) is 0 Å². The van der Waals surface area contributed by atoms with Crippen LogP contribution in [0.15, 0.2) is 59.5 Å². The molecule has 0 saturated heterocycles. The Kier molecular flexibility index (Phi) is 4.09. The number of nitrogens with one attached hydrogen (secondary N) is 2. The summed E-state index contributed by atoms with van der Waals surface area (Å²) in [6, 6.07) is 11.8. The first-order valence-corrected chi connectivity index (χ1v) is 9.73. The molecule has 0 aliphatic carbocycles. The summed E-state index contributed by atoms with van der Waals surface area (Å²) in [6.45, 7) is 2.56. The third kappa shape index (κ3) is 2.75. The number of hydrogen-bond acceptors (Lipinski definition) is 5. The van der Waals surface area contributed by atoms with Gasteiger partial charge in [-0.25, -0.2) is 9.97 Å². The number of benzene rings is 1. The summed E-state index contributed by atoms with van der Waals surface area (Å²) in [7, 11) is 0.